The molecule has 0 N–H and O–H groups in total. The lowest BCUT2D eigenvalue weighted by Crippen LogP contribution is -2.49. The second-order valence-corrected chi connectivity index (χ2v) is 8.90. The van der Waals surface area contributed by atoms with Gasteiger partial charge in [0.05, 0.1) is 5.02 Å². The minimum absolute atomic E-state index is 0.161. The molecule has 0 amide bonds. The fraction of sp³-hybridized carbons (Fsp3) is 0.368. The molecule has 2 aromatic rings. The number of halogens is 3. The number of aryl methyl sites for hydroxylation is 1. The number of hydrogen-bond acceptors (Lipinski definition) is 3. The fourth-order valence-electron chi connectivity index (χ4n) is 3.27. The number of hydrogen-bond donors (Lipinski definition) is 0. The van der Waals surface area contributed by atoms with Gasteiger partial charge in [-0.15, -0.1) is 0 Å². The maximum atomic E-state index is 13.7. The third kappa shape index (κ3) is 4.48. The highest BCUT2D eigenvalue weighted by molar-refractivity contribution is 7.89. The van der Waals surface area contributed by atoms with Crippen molar-refractivity contribution in [3.05, 3.63) is 64.2 Å². The van der Waals surface area contributed by atoms with Crippen LogP contribution in [0.2, 0.25) is 5.02 Å². The van der Waals surface area contributed by atoms with E-state index in [0.29, 0.717) is 50.3 Å². The van der Waals surface area contributed by atoms with Crippen LogP contribution in [0, 0.1) is 18.6 Å². The van der Waals surface area contributed by atoms with Crippen LogP contribution in [0.4, 0.5) is 8.78 Å². The first-order valence-electron chi connectivity index (χ1n) is 8.70. The molecule has 4 nitrogen and oxygen atoms in total. The molecule has 0 spiro atoms. The summed E-state index contributed by atoms with van der Waals surface area (Å²) in [5, 5.41) is 0.226. The van der Waals surface area contributed by atoms with Crippen molar-refractivity contribution in [2.24, 2.45) is 0 Å². The lowest BCUT2D eigenvalue weighted by molar-refractivity contribution is 0.189. The zero-order chi connectivity index (χ0) is 19.6. The van der Waals surface area contributed by atoms with E-state index in [9.17, 15) is 17.2 Å². The summed E-state index contributed by atoms with van der Waals surface area (Å²) in [6.45, 7) is 4.10. The van der Waals surface area contributed by atoms with Crippen molar-refractivity contribution in [2.75, 3.05) is 32.7 Å². The van der Waals surface area contributed by atoms with Gasteiger partial charge in [-0.3, -0.25) is 0 Å². The lowest BCUT2D eigenvalue weighted by atomic mass is 10.1. The summed E-state index contributed by atoms with van der Waals surface area (Å²) >= 11 is 6.13. The first-order valence-corrected chi connectivity index (χ1v) is 10.5. The van der Waals surface area contributed by atoms with Gasteiger partial charge in [-0.05, 0) is 36.6 Å². The molecule has 1 heterocycles. The SMILES string of the molecule is Cc1cccc(Cl)c1S(=O)(=O)N1CCN(CCc2ccc(F)cc2F)CC1. The third-order valence-corrected chi connectivity index (χ3v) is 7.34. The molecule has 8 heteroatoms. The van der Waals surface area contributed by atoms with Crippen molar-refractivity contribution in [2.45, 2.75) is 18.2 Å². The van der Waals surface area contributed by atoms with Crippen molar-refractivity contribution in [3.8, 4) is 0 Å². The van der Waals surface area contributed by atoms with Crippen LogP contribution in [0.25, 0.3) is 0 Å². The molecule has 0 radical (unpaired) electrons. The summed E-state index contributed by atoms with van der Waals surface area (Å²) < 4.78 is 54.0. The van der Waals surface area contributed by atoms with Gasteiger partial charge in [0.2, 0.25) is 10.0 Å². The molecule has 1 saturated heterocycles. The Balaban J connectivity index is 1.61. The minimum atomic E-state index is -3.65. The molecule has 146 valence electrons. The van der Waals surface area contributed by atoms with Gasteiger partial charge in [0.1, 0.15) is 16.5 Å². The van der Waals surface area contributed by atoms with Crippen LogP contribution in [-0.4, -0.2) is 50.3 Å². The number of benzene rings is 2. The maximum absolute atomic E-state index is 13.7. The van der Waals surface area contributed by atoms with Crippen LogP contribution in [-0.2, 0) is 16.4 Å². The topological polar surface area (TPSA) is 40.6 Å². The Bertz CT molecular complexity index is 909. The van der Waals surface area contributed by atoms with Gasteiger partial charge in [-0.25, -0.2) is 17.2 Å². The molecule has 27 heavy (non-hydrogen) atoms. The molecule has 3 rings (SSSR count). The lowest BCUT2D eigenvalue weighted by Gasteiger charge is -2.34. The van der Waals surface area contributed by atoms with Gasteiger partial charge in [0, 0.05) is 38.8 Å². The van der Waals surface area contributed by atoms with E-state index >= 15 is 0 Å². The predicted molar refractivity (Wildman–Crippen MR) is 101 cm³/mol. The van der Waals surface area contributed by atoms with E-state index < -0.39 is 21.7 Å². The summed E-state index contributed by atoms with van der Waals surface area (Å²) in [5.41, 5.74) is 1.08. The third-order valence-electron chi connectivity index (χ3n) is 4.81. The van der Waals surface area contributed by atoms with E-state index in [4.69, 9.17) is 11.6 Å². The average Bonchev–Trinajstić information content (AvgIpc) is 2.61. The van der Waals surface area contributed by atoms with Crippen molar-refractivity contribution in [3.63, 3.8) is 0 Å². The first-order chi connectivity index (χ1) is 12.8. The van der Waals surface area contributed by atoms with Crippen molar-refractivity contribution in [1.29, 1.82) is 0 Å². The summed E-state index contributed by atoms with van der Waals surface area (Å²) in [6, 6.07) is 8.61. The Morgan fingerprint density at radius 2 is 1.78 bits per heavy atom. The second kappa shape index (κ2) is 8.22. The average molecular weight is 415 g/mol. The van der Waals surface area contributed by atoms with Crippen LogP contribution in [0.15, 0.2) is 41.3 Å². The first kappa shape index (κ1) is 20.2. The van der Waals surface area contributed by atoms with Crippen LogP contribution < -0.4 is 0 Å². The second-order valence-electron chi connectivity index (χ2n) is 6.62. The molecule has 0 saturated carbocycles. The summed E-state index contributed by atoms with van der Waals surface area (Å²) in [7, 11) is -3.65. The van der Waals surface area contributed by atoms with Crippen LogP contribution in [0.5, 0.6) is 0 Å². The molecule has 2 aromatic carbocycles. The zero-order valence-corrected chi connectivity index (χ0v) is 16.5. The molecular weight excluding hydrogens is 394 g/mol. The van der Waals surface area contributed by atoms with Crippen LogP contribution >= 0.6 is 11.6 Å². The largest absolute Gasteiger partial charge is 0.300 e. The maximum Gasteiger partial charge on any atom is 0.244 e. The minimum Gasteiger partial charge on any atom is -0.300 e. The quantitative estimate of drug-likeness (QED) is 0.752. The van der Waals surface area contributed by atoms with E-state index in [1.807, 2.05) is 0 Å². The summed E-state index contributed by atoms with van der Waals surface area (Å²) in [6.07, 6.45) is 0.447. The van der Waals surface area contributed by atoms with Gasteiger partial charge < -0.3 is 4.90 Å². The Labute approximate surface area is 163 Å². The molecule has 1 fully saturated rings. The van der Waals surface area contributed by atoms with Gasteiger partial charge >= 0.3 is 0 Å². The predicted octanol–water partition coefficient (Wildman–Crippen LogP) is 3.48. The molecule has 0 atom stereocenters. The monoisotopic (exact) mass is 414 g/mol. The molecule has 0 bridgehead atoms. The summed E-state index contributed by atoms with van der Waals surface area (Å²) in [4.78, 5) is 2.24. The van der Waals surface area contributed by atoms with E-state index in [1.54, 1.807) is 25.1 Å². The highest BCUT2D eigenvalue weighted by atomic mass is 35.5. The van der Waals surface area contributed by atoms with E-state index in [0.717, 1.165) is 6.07 Å². The molecule has 0 aliphatic carbocycles. The number of nitrogens with zero attached hydrogens (tertiary/aromatic N) is 2. The van der Waals surface area contributed by atoms with Crippen molar-refractivity contribution in [1.82, 2.24) is 9.21 Å². The van der Waals surface area contributed by atoms with Crippen LogP contribution in [0.1, 0.15) is 11.1 Å². The highest BCUT2D eigenvalue weighted by Gasteiger charge is 2.31. The number of piperazine rings is 1. The molecule has 1 aliphatic heterocycles. The Morgan fingerprint density at radius 3 is 2.41 bits per heavy atom. The van der Waals surface area contributed by atoms with Crippen molar-refractivity contribution >= 4 is 21.6 Å². The molecule has 0 aromatic heterocycles. The smallest absolute Gasteiger partial charge is 0.244 e. The zero-order valence-electron chi connectivity index (χ0n) is 15.0. The van der Waals surface area contributed by atoms with Gasteiger partial charge in [-0.2, -0.15) is 4.31 Å². The molecule has 1 aliphatic rings. The van der Waals surface area contributed by atoms with Crippen LogP contribution in [0.3, 0.4) is 0 Å². The molecular formula is C19H21ClF2N2O2S. The Morgan fingerprint density at radius 1 is 1.07 bits per heavy atom. The van der Waals surface area contributed by atoms with Crippen molar-refractivity contribution < 1.29 is 17.2 Å². The Kier molecular flexibility index (Phi) is 6.15. The standard InChI is InChI=1S/C19H21ClF2N2O2S/c1-14-3-2-4-17(20)19(14)27(25,26)24-11-9-23(10-12-24)8-7-15-5-6-16(21)13-18(15)22/h2-6,13H,7-12H2,1H3. The number of sulfonamides is 1. The van der Waals surface area contributed by atoms with E-state index in [-0.39, 0.29) is 9.92 Å². The fourth-order valence-corrected chi connectivity index (χ4v) is 5.47. The summed E-state index contributed by atoms with van der Waals surface area (Å²) in [5.74, 6) is -1.14. The van der Waals surface area contributed by atoms with Gasteiger partial charge in [-0.1, -0.05) is 29.8 Å². The van der Waals surface area contributed by atoms with E-state index in [1.165, 1.54) is 16.4 Å². The highest BCUT2D eigenvalue weighted by Crippen LogP contribution is 2.28. The van der Waals surface area contributed by atoms with E-state index in [2.05, 4.69) is 4.90 Å². The molecule has 0 unspecified atom stereocenters. The number of rotatable bonds is 5. The van der Waals surface area contributed by atoms with Gasteiger partial charge in [0.25, 0.3) is 0 Å². The normalized spacial score (nSPS) is 16.6. The Hall–Kier alpha value is -1.54. The van der Waals surface area contributed by atoms with Gasteiger partial charge in [0.15, 0.2) is 0 Å².